The minimum atomic E-state index is 0.0000850. The lowest BCUT2D eigenvalue weighted by Gasteiger charge is -2.20. The summed E-state index contributed by atoms with van der Waals surface area (Å²) in [5.41, 5.74) is 0. The summed E-state index contributed by atoms with van der Waals surface area (Å²) in [5, 5.41) is 5.93. The lowest BCUT2D eigenvalue weighted by Crippen LogP contribution is -2.39. The van der Waals surface area contributed by atoms with Crippen LogP contribution in [0.4, 0.5) is 11.6 Å². The largest absolute Gasteiger partial charge is 0.373 e. The minimum Gasteiger partial charge on any atom is -0.373 e. The summed E-state index contributed by atoms with van der Waals surface area (Å²) in [6.07, 6.45) is 2.31. The van der Waals surface area contributed by atoms with E-state index in [0.717, 1.165) is 30.3 Å². The first-order valence-corrected chi connectivity index (χ1v) is 7.07. The Morgan fingerprint density at radius 3 is 2.70 bits per heavy atom. The second kappa shape index (κ2) is 6.07. The quantitative estimate of drug-likeness (QED) is 0.821. The Balaban J connectivity index is 2.10. The number of nitrogens with one attached hydrogen (secondary N) is 2. The molecule has 1 aliphatic carbocycles. The Morgan fingerprint density at radius 2 is 2.15 bits per heavy atom. The topological polar surface area (TPSA) is 70.2 Å². The molecule has 1 fully saturated rings. The number of carbonyl (C=O) groups is 1. The van der Waals surface area contributed by atoms with Crippen LogP contribution in [0.15, 0.2) is 6.07 Å². The fourth-order valence-corrected chi connectivity index (χ4v) is 1.96. The predicted octanol–water partition coefficient (Wildman–Crippen LogP) is 1.36. The van der Waals surface area contributed by atoms with E-state index in [2.05, 4.69) is 20.6 Å². The van der Waals surface area contributed by atoms with Gasteiger partial charge in [-0.2, -0.15) is 0 Å². The molecule has 0 atom stereocenters. The van der Waals surface area contributed by atoms with Crippen LogP contribution in [0.1, 0.15) is 38.4 Å². The van der Waals surface area contributed by atoms with Gasteiger partial charge in [0.15, 0.2) is 0 Å². The van der Waals surface area contributed by atoms with Gasteiger partial charge in [-0.3, -0.25) is 4.79 Å². The average molecular weight is 277 g/mol. The molecule has 1 saturated carbocycles. The SMILES string of the molecule is CNc1cc(N(C)CC(=O)NC(C)C)nc(C2CC2)n1. The van der Waals surface area contributed by atoms with Gasteiger partial charge in [0.2, 0.25) is 5.91 Å². The lowest BCUT2D eigenvalue weighted by atomic mass is 10.3. The third-order valence-electron chi connectivity index (χ3n) is 3.15. The molecule has 0 spiro atoms. The Hall–Kier alpha value is -1.85. The first-order chi connectivity index (χ1) is 9.49. The molecule has 0 unspecified atom stereocenters. The summed E-state index contributed by atoms with van der Waals surface area (Å²) >= 11 is 0. The molecule has 0 aliphatic heterocycles. The first-order valence-electron chi connectivity index (χ1n) is 7.07. The summed E-state index contributed by atoms with van der Waals surface area (Å²) in [6.45, 7) is 4.20. The zero-order valence-electron chi connectivity index (χ0n) is 12.6. The van der Waals surface area contributed by atoms with Gasteiger partial charge in [0.05, 0.1) is 6.54 Å². The van der Waals surface area contributed by atoms with E-state index in [9.17, 15) is 4.79 Å². The van der Waals surface area contributed by atoms with Gasteiger partial charge >= 0.3 is 0 Å². The van der Waals surface area contributed by atoms with Crippen molar-refractivity contribution in [2.75, 3.05) is 30.9 Å². The van der Waals surface area contributed by atoms with Crippen molar-refractivity contribution in [3.8, 4) is 0 Å². The van der Waals surface area contributed by atoms with Gasteiger partial charge in [0.1, 0.15) is 17.5 Å². The number of hydrogen-bond donors (Lipinski definition) is 2. The van der Waals surface area contributed by atoms with Gasteiger partial charge in [-0.1, -0.05) is 0 Å². The van der Waals surface area contributed by atoms with Crippen LogP contribution in [0.25, 0.3) is 0 Å². The van der Waals surface area contributed by atoms with E-state index in [4.69, 9.17) is 0 Å². The molecule has 6 nitrogen and oxygen atoms in total. The highest BCUT2D eigenvalue weighted by atomic mass is 16.2. The van der Waals surface area contributed by atoms with E-state index in [-0.39, 0.29) is 11.9 Å². The molecule has 0 aromatic carbocycles. The van der Waals surface area contributed by atoms with Crippen molar-refractivity contribution in [1.29, 1.82) is 0 Å². The fraction of sp³-hybridized carbons (Fsp3) is 0.643. The van der Waals surface area contributed by atoms with Gasteiger partial charge in [-0.05, 0) is 26.7 Å². The maximum Gasteiger partial charge on any atom is 0.239 e. The van der Waals surface area contributed by atoms with Gasteiger partial charge in [0.25, 0.3) is 0 Å². The molecule has 2 N–H and O–H groups in total. The number of nitrogens with zero attached hydrogens (tertiary/aromatic N) is 3. The van der Waals surface area contributed by atoms with Crippen molar-refractivity contribution in [3.05, 3.63) is 11.9 Å². The highest BCUT2D eigenvalue weighted by Crippen LogP contribution is 2.39. The maximum atomic E-state index is 11.8. The third kappa shape index (κ3) is 3.82. The van der Waals surface area contributed by atoms with Crippen LogP contribution in [-0.4, -0.2) is 42.6 Å². The molecular formula is C14H23N5O. The number of likely N-dealkylation sites (N-methyl/N-ethyl adjacent to an activating group) is 1. The van der Waals surface area contributed by atoms with E-state index in [0.29, 0.717) is 12.5 Å². The summed E-state index contributed by atoms with van der Waals surface area (Å²) in [6, 6.07) is 2.02. The predicted molar refractivity (Wildman–Crippen MR) is 80.1 cm³/mol. The molecule has 20 heavy (non-hydrogen) atoms. The van der Waals surface area contributed by atoms with Crippen molar-refractivity contribution >= 4 is 17.5 Å². The van der Waals surface area contributed by atoms with E-state index in [1.165, 1.54) is 0 Å². The van der Waals surface area contributed by atoms with Crippen molar-refractivity contribution in [2.24, 2.45) is 0 Å². The minimum absolute atomic E-state index is 0.0000850. The van der Waals surface area contributed by atoms with Gasteiger partial charge in [-0.25, -0.2) is 9.97 Å². The van der Waals surface area contributed by atoms with E-state index in [1.807, 2.05) is 38.9 Å². The summed E-state index contributed by atoms with van der Waals surface area (Å²) in [4.78, 5) is 22.7. The van der Waals surface area contributed by atoms with Gasteiger partial charge in [0, 0.05) is 32.1 Å². The molecule has 1 amide bonds. The van der Waals surface area contributed by atoms with Crippen LogP contribution in [0.2, 0.25) is 0 Å². The highest BCUT2D eigenvalue weighted by Gasteiger charge is 2.27. The molecular weight excluding hydrogens is 254 g/mol. The van der Waals surface area contributed by atoms with Crippen LogP contribution in [0.5, 0.6) is 0 Å². The number of hydrogen-bond acceptors (Lipinski definition) is 5. The molecule has 1 aromatic heterocycles. The molecule has 0 radical (unpaired) electrons. The van der Waals surface area contributed by atoms with Gasteiger partial charge < -0.3 is 15.5 Å². The van der Waals surface area contributed by atoms with Gasteiger partial charge in [-0.15, -0.1) is 0 Å². The second-order valence-corrected chi connectivity index (χ2v) is 5.57. The molecule has 2 rings (SSSR count). The third-order valence-corrected chi connectivity index (χ3v) is 3.15. The van der Waals surface area contributed by atoms with E-state index in [1.54, 1.807) is 0 Å². The number of aromatic nitrogens is 2. The normalized spacial score (nSPS) is 14.2. The van der Waals surface area contributed by atoms with Crippen molar-refractivity contribution < 1.29 is 4.79 Å². The molecule has 1 heterocycles. The van der Waals surface area contributed by atoms with Crippen molar-refractivity contribution in [1.82, 2.24) is 15.3 Å². The Bertz CT molecular complexity index is 484. The molecule has 1 aromatic rings. The van der Waals surface area contributed by atoms with Crippen LogP contribution in [-0.2, 0) is 4.79 Å². The van der Waals surface area contributed by atoms with Crippen molar-refractivity contribution in [2.45, 2.75) is 38.6 Å². The smallest absolute Gasteiger partial charge is 0.239 e. The average Bonchev–Trinajstić information content (AvgIpc) is 3.21. The Kier molecular flexibility index (Phi) is 4.42. The van der Waals surface area contributed by atoms with Crippen LogP contribution in [0, 0.1) is 0 Å². The molecule has 1 aliphatic rings. The molecule has 6 heteroatoms. The monoisotopic (exact) mass is 277 g/mol. The molecule has 0 saturated heterocycles. The Morgan fingerprint density at radius 1 is 1.45 bits per heavy atom. The zero-order chi connectivity index (χ0) is 14.7. The van der Waals surface area contributed by atoms with Crippen LogP contribution < -0.4 is 15.5 Å². The maximum absolute atomic E-state index is 11.8. The number of amides is 1. The zero-order valence-corrected chi connectivity index (χ0v) is 12.6. The Labute approximate surface area is 120 Å². The van der Waals surface area contributed by atoms with Crippen LogP contribution in [0.3, 0.4) is 0 Å². The second-order valence-electron chi connectivity index (χ2n) is 5.57. The summed E-state index contributed by atoms with van der Waals surface area (Å²) in [5.74, 6) is 2.95. The number of carbonyl (C=O) groups excluding carboxylic acids is 1. The van der Waals surface area contributed by atoms with Crippen LogP contribution >= 0.6 is 0 Å². The highest BCUT2D eigenvalue weighted by molar-refractivity contribution is 5.81. The van der Waals surface area contributed by atoms with E-state index >= 15 is 0 Å². The van der Waals surface area contributed by atoms with E-state index < -0.39 is 0 Å². The summed E-state index contributed by atoms with van der Waals surface area (Å²) in [7, 11) is 3.71. The number of rotatable bonds is 6. The summed E-state index contributed by atoms with van der Waals surface area (Å²) < 4.78 is 0. The van der Waals surface area contributed by atoms with Crippen molar-refractivity contribution in [3.63, 3.8) is 0 Å². The standard InChI is InChI=1S/C14H23N5O/c1-9(2)16-13(20)8-19(4)12-7-11(15-3)17-14(18-12)10-5-6-10/h7,9-10H,5-6,8H2,1-4H3,(H,16,20)(H,15,17,18). The molecule has 0 bridgehead atoms. The molecule has 110 valence electrons. The lowest BCUT2D eigenvalue weighted by molar-refractivity contribution is -0.120. The fourth-order valence-electron chi connectivity index (χ4n) is 1.96. The number of anilines is 2. The first kappa shape index (κ1) is 14.6.